The second-order valence-corrected chi connectivity index (χ2v) is 8.70. The Morgan fingerprint density at radius 1 is 1.06 bits per heavy atom. The molecular weight excluding hydrogens is 444 g/mol. The molecule has 0 radical (unpaired) electrons. The van der Waals surface area contributed by atoms with Gasteiger partial charge in [0.1, 0.15) is 11.5 Å². The lowest BCUT2D eigenvalue weighted by molar-refractivity contribution is -0.131. The normalized spacial score (nSPS) is 14.0. The molecule has 0 aliphatic carbocycles. The van der Waals surface area contributed by atoms with Crippen LogP contribution < -0.4 is 14.8 Å². The number of nitrogens with one attached hydrogen (secondary N) is 1. The number of nitrogens with zero attached hydrogens (tertiary/aromatic N) is 1. The van der Waals surface area contributed by atoms with Crippen LogP contribution in [-0.4, -0.2) is 48.9 Å². The van der Waals surface area contributed by atoms with E-state index in [2.05, 4.69) is 5.32 Å². The van der Waals surface area contributed by atoms with Crippen molar-refractivity contribution in [1.29, 1.82) is 0 Å². The molecule has 0 unspecified atom stereocenters. The molecular formula is C25H29ClN2O5. The van der Waals surface area contributed by atoms with Crippen LogP contribution in [0.2, 0.25) is 5.02 Å². The van der Waals surface area contributed by atoms with Gasteiger partial charge < -0.3 is 19.7 Å². The summed E-state index contributed by atoms with van der Waals surface area (Å²) in [4.78, 5) is 37.9. The molecule has 0 aromatic heterocycles. The van der Waals surface area contributed by atoms with Crippen molar-refractivity contribution in [3.8, 4) is 11.5 Å². The summed E-state index contributed by atoms with van der Waals surface area (Å²) < 4.78 is 10.7. The van der Waals surface area contributed by atoms with Crippen LogP contribution in [0.15, 0.2) is 36.4 Å². The van der Waals surface area contributed by atoms with Gasteiger partial charge in [0.2, 0.25) is 0 Å². The van der Waals surface area contributed by atoms with Crippen LogP contribution in [0.3, 0.4) is 0 Å². The number of amides is 2. The molecule has 33 heavy (non-hydrogen) atoms. The molecule has 1 N–H and O–H groups in total. The molecule has 0 spiro atoms. The molecule has 7 nitrogen and oxygen atoms in total. The van der Waals surface area contributed by atoms with Gasteiger partial charge in [0.25, 0.3) is 11.8 Å². The van der Waals surface area contributed by atoms with Gasteiger partial charge in [0.05, 0.1) is 0 Å². The van der Waals surface area contributed by atoms with Crippen molar-refractivity contribution in [2.75, 3.05) is 26.2 Å². The molecule has 1 heterocycles. The van der Waals surface area contributed by atoms with Gasteiger partial charge in [-0.3, -0.25) is 14.4 Å². The molecule has 3 rings (SSSR count). The van der Waals surface area contributed by atoms with E-state index in [1.807, 2.05) is 26.0 Å². The number of rotatable bonds is 7. The lowest BCUT2D eigenvalue weighted by Gasteiger charge is -2.32. The van der Waals surface area contributed by atoms with Gasteiger partial charge in [-0.05, 0) is 74.1 Å². The van der Waals surface area contributed by atoms with Gasteiger partial charge in [-0.2, -0.15) is 0 Å². The van der Waals surface area contributed by atoms with E-state index in [9.17, 15) is 14.4 Å². The second kappa shape index (κ2) is 11.2. The van der Waals surface area contributed by atoms with Crippen molar-refractivity contribution in [2.24, 2.45) is 5.92 Å². The predicted molar refractivity (Wildman–Crippen MR) is 126 cm³/mol. The van der Waals surface area contributed by atoms with Gasteiger partial charge in [0.15, 0.2) is 6.61 Å². The van der Waals surface area contributed by atoms with Crippen molar-refractivity contribution in [3.05, 3.63) is 58.1 Å². The van der Waals surface area contributed by atoms with Crippen molar-refractivity contribution < 1.29 is 23.9 Å². The van der Waals surface area contributed by atoms with Gasteiger partial charge in [0, 0.05) is 37.1 Å². The van der Waals surface area contributed by atoms with Crippen LogP contribution in [0.1, 0.15) is 41.3 Å². The third-order valence-electron chi connectivity index (χ3n) is 5.61. The number of hydrogen-bond donors (Lipinski definition) is 1. The average Bonchev–Trinajstić information content (AvgIpc) is 2.79. The molecule has 2 amide bonds. The summed E-state index contributed by atoms with van der Waals surface area (Å²) in [6.07, 6.45) is 1.60. The zero-order chi connectivity index (χ0) is 24.0. The Bertz CT molecular complexity index is 1010. The summed E-state index contributed by atoms with van der Waals surface area (Å²) in [7, 11) is 0. The average molecular weight is 473 g/mol. The first-order chi connectivity index (χ1) is 15.7. The molecule has 8 heteroatoms. The molecule has 2 aromatic rings. The number of ether oxygens (including phenoxy) is 2. The second-order valence-electron chi connectivity index (χ2n) is 8.32. The number of piperidine rings is 1. The maximum Gasteiger partial charge on any atom is 0.308 e. The van der Waals surface area contributed by atoms with Crippen LogP contribution in [-0.2, 0) is 9.59 Å². The minimum atomic E-state index is -0.425. The standard InChI is InChI=1S/C25H29ClN2O5/c1-16-11-22(12-17(2)24(16)26)32-15-23(30)27-14-19-7-9-28(10-8-19)25(31)20-5-4-6-21(13-20)33-18(3)29/h4-6,11-13,19H,7-10,14-15H2,1-3H3,(H,27,30). The minimum Gasteiger partial charge on any atom is -0.484 e. The van der Waals surface area contributed by atoms with Crippen LogP contribution in [0.25, 0.3) is 0 Å². The van der Waals surface area contributed by atoms with Crippen molar-refractivity contribution in [1.82, 2.24) is 10.2 Å². The number of benzene rings is 2. The number of aryl methyl sites for hydroxylation is 2. The summed E-state index contributed by atoms with van der Waals surface area (Å²) in [5.41, 5.74) is 2.31. The number of hydrogen-bond acceptors (Lipinski definition) is 5. The molecule has 0 bridgehead atoms. The number of esters is 1. The highest BCUT2D eigenvalue weighted by atomic mass is 35.5. The predicted octanol–water partition coefficient (Wildman–Crippen LogP) is 3.93. The number of carbonyl (C=O) groups excluding carboxylic acids is 3. The Hall–Kier alpha value is -3.06. The summed E-state index contributed by atoms with van der Waals surface area (Å²) in [6, 6.07) is 10.3. The Morgan fingerprint density at radius 3 is 2.36 bits per heavy atom. The number of halogens is 1. The molecule has 1 aliphatic heterocycles. The highest BCUT2D eigenvalue weighted by molar-refractivity contribution is 6.32. The Kier molecular flexibility index (Phi) is 8.33. The first-order valence-corrected chi connectivity index (χ1v) is 11.3. The Balaban J connectivity index is 1.42. The maximum absolute atomic E-state index is 12.8. The number of carbonyl (C=O) groups is 3. The first-order valence-electron chi connectivity index (χ1n) is 11.0. The van der Waals surface area contributed by atoms with Gasteiger partial charge in [-0.25, -0.2) is 0 Å². The summed E-state index contributed by atoms with van der Waals surface area (Å²) in [5.74, 6) is 0.581. The molecule has 176 valence electrons. The van der Waals surface area contributed by atoms with E-state index in [1.54, 1.807) is 29.2 Å². The molecule has 1 aliphatic rings. The third kappa shape index (κ3) is 6.96. The van der Waals surface area contributed by atoms with Gasteiger partial charge in [-0.1, -0.05) is 17.7 Å². The molecule has 2 aromatic carbocycles. The van der Waals surface area contributed by atoms with E-state index in [0.29, 0.717) is 47.6 Å². The summed E-state index contributed by atoms with van der Waals surface area (Å²) >= 11 is 6.16. The molecule has 0 atom stereocenters. The van der Waals surface area contributed by atoms with Crippen molar-refractivity contribution in [2.45, 2.75) is 33.6 Å². The van der Waals surface area contributed by atoms with Crippen molar-refractivity contribution >= 4 is 29.4 Å². The van der Waals surface area contributed by atoms with E-state index in [4.69, 9.17) is 21.1 Å². The zero-order valence-electron chi connectivity index (χ0n) is 19.2. The molecule has 1 saturated heterocycles. The lowest BCUT2D eigenvalue weighted by atomic mass is 9.96. The first kappa shape index (κ1) is 24.6. The Labute approximate surface area is 199 Å². The van der Waals surface area contributed by atoms with Crippen molar-refractivity contribution in [3.63, 3.8) is 0 Å². The zero-order valence-corrected chi connectivity index (χ0v) is 19.9. The number of likely N-dealkylation sites (tertiary alicyclic amines) is 1. The SMILES string of the molecule is CC(=O)Oc1cccc(C(=O)N2CCC(CNC(=O)COc3cc(C)c(Cl)c(C)c3)CC2)c1. The van der Waals surface area contributed by atoms with E-state index in [1.165, 1.54) is 6.92 Å². The van der Waals surface area contributed by atoms with Crippen LogP contribution in [0.5, 0.6) is 11.5 Å². The van der Waals surface area contributed by atoms with Gasteiger partial charge >= 0.3 is 5.97 Å². The van der Waals surface area contributed by atoms with Crippen LogP contribution in [0, 0.1) is 19.8 Å². The topological polar surface area (TPSA) is 84.9 Å². The maximum atomic E-state index is 12.8. The molecule has 0 saturated carbocycles. The van der Waals surface area contributed by atoms with E-state index in [0.717, 1.165) is 24.0 Å². The third-order valence-corrected chi connectivity index (χ3v) is 6.21. The fraction of sp³-hybridized carbons (Fsp3) is 0.400. The lowest BCUT2D eigenvalue weighted by Crippen LogP contribution is -2.42. The smallest absolute Gasteiger partial charge is 0.308 e. The van der Waals surface area contributed by atoms with E-state index >= 15 is 0 Å². The Morgan fingerprint density at radius 2 is 1.73 bits per heavy atom. The highest BCUT2D eigenvalue weighted by Crippen LogP contribution is 2.26. The van der Waals surface area contributed by atoms with Crippen LogP contribution in [0.4, 0.5) is 0 Å². The molecule has 1 fully saturated rings. The quantitative estimate of drug-likeness (QED) is 0.487. The minimum absolute atomic E-state index is 0.0590. The van der Waals surface area contributed by atoms with E-state index < -0.39 is 5.97 Å². The summed E-state index contributed by atoms with van der Waals surface area (Å²) in [6.45, 7) is 6.82. The largest absolute Gasteiger partial charge is 0.484 e. The fourth-order valence-electron chi connectivity index (χ4n) is 3.83. The van der Waals surface area contributed by atoms with Gasteiger partial charge in [-0.15, -0.1) is 0 Å². The summed E-state index contributed by atoms with van der Waals surface area (Å²) in [5, 5.41) is 3.63. The highest BCUT2D eigenvalue weighted by Gasteiger charge is 2.24. The van der Waals surface area contributed by atoms with Crippen LogP contribution >= 0.6 is 11.6 Å². The van der Waals surface area contributed by atoms with E-state index in [-0.39, 0.29) is 18.4 Å². The monoisotopic (exact) mass is 472 g/mol. The fourth-order valence-corrected chi connectivity index (χ4v) is 3.94.